The fraction of sp³-hybridized carbons (Fsp3) is 0.389. The van der Waals surface area contributed by atoms with Gasteiger partial charge in [-0.25, -0.2) is 0 Å². The van der Waals surface area contributed by atoms with E-state index in [9.17, 15) is 5.11 Å². The van der Waals surface area contributed by atoms with E-state index in [4.69, 9.17) is 9.47 Å². The standard InChI is InChI=1S/C36H41NO3.Lr/c1-35(2,3)40-31-14-16-33-29(23-31)11-15-32(27-7-5-4-6-8-27)34(33)28-9-12-30(13-10-28)37-21-19-36(20-22-37)18-17-26(24-38)25-39-36;/h4-16,23,26,38H,17-22,24-25H2,1-3H3;/t26-;/m0./s1. The van der Waals surface area contributed by atoms with Gasteiger partial charge in [0.25, 0.3) is 0 Å². The summed E-state index contributed by atoms with van der Waals surface area (Å²) in [5.41, 5.74) is 5.96. The molecule has 0 amide bonds. The smallest absolute Gasteiger partial charge is 0.120 e. The first-order chi connectivity index (χ1) is 19.3. The predicted octanol–water partition coefficient (Wildman–Crippen LogP) is 8.11. The van der Waals surface area contributed by atoms with Crippen LogP contribution in [0.15, 0.2) is 84.9 Å². The first-order valence-electron chi connectivity index (χ1n) is 14.7. The largest absolute Gasteiger partial charge is 0.488 e. The Bertz CT molecular complexity index is 1440. The molecule has 2 fully saturated rings. The van der Waals surface area contributed by atoms with Crippen LogP contribution in [-0.2, 0) is 4.74 Å². The van der Waals surface area contributed by atoms with Crippen LogP contribution in [0.4, 0.5) is 5.69 Å². The zero-order valence-corrected chi connectivity index (χ0v) is 26.4. The van der Waals surface area contributed by atoms with Gasteiger partial charge in [-0.2, -0.15) is 0 Å². The van der Waals surface area contributed by atoms with Crippen molar-refractivity contribution in [1.82, 2.24) is 0 Å². The minimum absolute atomic E-state index is 0. The van der Waals surface area contributed by atoms with Crippen LogP contribution in [-0.4, -0.2) is 42.6 Å². The fourth-order valence-corrected chi connectivity index (χ4v) is 6.36. The van der Waals surface area contributed by atoms with E-state index in [1.807, 2.05) is 0 Å². The number of fused-ring (bicyclic) bond motifs is 1. The molecule has 2 saturated heterocycles. The number of benzene rings is 4. The molecule has 2 aliphatic heterocycles. The molecule has 2 heterocycles. The van der Waals surface area contributed by atoms with Crippen LogP contribution < -0.4 is 9.64 Å². The molecule has 1 N–H and O–H groups in total. The Balaban J connectivity index is 0.00000337. The van der Waals surface area contributed by atoms with E-state index in [2.05, 4.69) is 111 Å². The average molecular weight is 798 g/mol. The first-order valence-corrected chi connectivity index (χ1v) is 14.7. The number of anilines is 1. The predicted molar refractivity (Wildman–Crippen MR) is 165 cm³/mol. The summed E-state index contributed by atoms with van der Waals surface area (Å²) in [6.45, 7) is 9.19. The minimum atomic E-state index is -0.241. The van der Waals surface area contributed by atoms with E-state index in [-0.39, 0.29) is 17.8 Å². The van der Waals surface area contributed by atoms with Gasteiger partial charge in [0.2, 0.25) is 0 Å². The van der Waals surface area contributed by atoms with E-state index >= 15 is 0 Å². The Hall–Kier alpha value is -4.34. The molecule has 1 spiro atoms. The fourth-order valence-electron chi connectivity index (χ4n) is 6.36. The Kier molecular flexibility index (Phi) is 7.75. The van der Waals surface area contributed by atoms with Crippen molar-refractivity contribution in [2.75, 3.05) is 31.2 Å². The second-order valence-corrected chi connectivity index (χ2v) is 12.6. The van der Waals surface area contributed by atoms with Crippen molar-refractivity contribution in [2.24, 2.45) is 5.92 Å². The molecule has 4 nitrogen and oxygen atoms in total. The molecule has 6 rings (SSSR count). The van der Waals surface area contributed by atoms with Gasteiger partial charge >= 0.3 is 0 Å². The van der Waals surface area contributed by atoms with Gasteiger partial charge in [-0.05, 0) is 104 Å². The summed E-state index contributed by atoms with van der Waals surface area (Å²) in [6.07, 6.45) is 4.24. The van der Waals surface area contributed by atoms with Gasteiger partial charge in [0.15, 0.2) is 0 Å². The van der Waals surface area contributed by atoms with Crippen molar-refractivity contribution in [2.45, 2.75) is 57.7 Å². The van der Waals surface area contributed by atoms with Crippen molar-refractivity contribution in [3.63, 3.8) is 0 Å². The third-order valence-corrected chi connectivity index (χ3v) is 8.59. The minimum Gasteiger partial charge on any atom is -0.488 e. The second-order valence-electron chi connectivity index (χ2n) is 12.6. The van der Waals surface area contributed by atoms with Gasteiger partial charge in [-0.3, -0.25) is 0 Å². The number of rotatable bonds is 5. The quantitative estimate of drug-likeness (QED) is 0.222. The monoisotopic (exact) mass is 797 g/mol. The number of aliphatic hydroxyl groups excluding tert-OH is 1. The molecule has 0 aromatic heterocycles. The van der Waals surface area contributed by atoms with Gasteiger partial charge in [0.1, 0.15) is 11.4 Å². The molecule has 1 atom stereocenters. The molecule has 0 bridgehead atoms. The third-order valence-electron chi connectivity index (χ3n) is 8.59. The Morgan fingerprint density at radius 2 is 1.61 bits per heavy atom. The zero-order valence-electron chi connectivity index (χ0n) is 24.3. The summed E-state index contributed by atoms with van der Waals surface area (Å²) in [5, 5.41) is 11.9. The van der Waals surface area contributed by atoms with Gasteiger partial charge in [-0.1, -0.05) is 60.7 Å². The summed E-state index contributed by atoms with van der Waals surface area (Å²) in [4.78, 5) is 2.49. The van der Waals surface area contributed by atoms with Crippen molar-refractivity contribution < 1.29 is 14.6 Å². The van der Waals surface area contributed by atoms with E-state index < -0.39 is 0 Å². The van der Waals surface area contributed by atoms with Crippen LogP contribution in [0.1, 0.15) is 46.5 Å². The summed E-state index contributed by atoms with van der Waals surface area (Å²) in [5.74, 6) is 1.20. The van der Waals surface area contributed by atoms with Crippen LogP contribution in [0.25, 0.3) is 33.0 Å². The van der Waals surface area contributed by atoms with E-state index in [1.165, 1.54) is 38.7 Å². The van der Waals surface area contributed by atoms with Crippen LogP contribution in [0, 0.1) is 5.92 Å². The number of aliphatic hydroxyl groups is 1. The van der Waals surface area contributed by atoms with Crippen LogP contribution in [0.2, 0.25) is 0 Å². The van der Waals surface area contributed by atoms with Gasteiger partial charge in [0.05, 0.1) is 12.2 Å². The number of hydrogen-bond donors (Lipinski definition) is 1. The van der Waals surface area contributed by atoms with Crippen molar-refractivity contribution >= 4 is 16.5 Å². The summed E-state index contributed by atoms with van der Waals surface area (Å²) >= 11 is 0. The molecule has 2 aliphatic rings. The Morgan fingerprint density at radius 3 is 2.24 bits per heavy atom. The maximum atomic E-state index is 9.47. The number of ether oxygens (including phenoxy) is 2. The Morgan fingerprint density at radius 1 is 0.878 bits per heavy atom. The molecule has 4 aromatic carbocycles. The van der Waals surface area contributed by atoms with E-state index in [0.29, 0.717) is 12.5 Å². The van der Waals surface area contributed by atoms with Crippen LogP contribution in [0.3, 0.4) is 0 Å². The number of piperidine rings is 1. The number of hydrogen-bond acceptors (Lipinski definition) is 4. The molecular weight excluding hydrogens is 756 g/mol. The maximum Gasteiger partial charge on any atom is 0.120 e. The van der Waals surface area contributed by atoms with E-state index in [1.54, 1.807) is 0 Å². The van der Waals surface area contributed by atoms with Gasteiger partial charge < -0.3 is 19.5 Å². The normalized spacial score (nSPS) is 18.7. The van der Waals surface area contributed by atoms with E-state index in [0.717, 1.165) is 44.5 Å². The number of nitrogens with zero attached hydrogens (tertiary/aromatic N) is 1. The van der Waals surface area contributed by atoms with Gasteiger partial charge in [0, 0.05) is 31.3 Å². The molecule has 4 aromatic rings. The first kappa shape index (κ1) is 28.2. The van der Waals surface area contributed by atoms with Crippen molar-refractivity contribution in [3.8, 4) is 28.0 Å². The van der Waals surface area contributed by atoms with Crippen molar-refractivity contribution in [1.29, 1.82) is 0 Å². The summed E-state index contributed by atoms with van der Waals surface area (Å²) in [7, 11) is 0. The van der Waals surface area contributed by atoms with Gasteiger partial charge in [-0.15, -0.1) is 0 Å². The summed E-state index contributed by atoms with van der Waals surface area (Å²) in [6, 6.07) is 30.7. The Labute approximate surface area is 238 Å². The van der Waals surface area contributed by atoms with Crippen LogP contribution >= 0.6 is 0 Å². The molecule has 1 radical (unpaired) electrons. The average Bonchev–Trinajstić information content (AvgIpc) is 2.97. The summed E-state index contributed by atoms with van der Waals surface area (Å²) < 4.78 is 12.5. The zero-order chi connectivity index (χ0) is 27.7. The topological polar surface area (TPSA) is 41.9 Å². The molecule has 5 heteroatoms. The molecule has 223 valence electrons. The molecule has 41 heavy (non-hydrogen) atoms. The van der Waals surface area contributed by atoms with Crippen molar-refractivity contribution in [3.05, 3.63) is 84.9 Å². The SMILES string of the molecule is CC(C)(C)Oc1ccc2c(-c3ccc(N4CCC5(CC[C@@H](CO)CO5)CC4)cc3)c(-c3ccccc3)ccc2c1.[Lr]. The maximum absolute atomic E-state index is 9.47. The van der Waals surface area contributed by atoms with Crippen LogP contribution in [0.5, 0.6) is 5.75 Å². The molecule has 0 saturated carbocycles. The molecular formula is C36H41LrNO3. The third kappa shape index (κ3) is 5.91. The molecule has 0 aliphatic carbocycles. The second kappa shape index (κ2) is 11.3. The molecule has 0 unspecified atom stereocenters.